The first-order valence-electron chi connectivity index (χ1n) is 7.23. The van der Waals surface area contributed by atoms with Gasteiger partial charge >= 0.3 is 6.09 Å². The number of benzene rings is 1. The second-order valence-electron chi connectivity index (χ2n) is 6.33. The maximum absolute atomic E-state index is 11.8. The van der Waals surface area contributed by atoms with E-state index in [9.17, 15) is 10.1 Å². The van der Waals surface area contributed by atoms with Crippen LogP contribution in [0.2, 0.25) is 5.02 Å². The van der Waals surface area contributed by atoms with Gasteiger partial charge in [-0.2, -0.15) is 5.26 Å². The van der Waals surface area contributed by atoms with Crippen LogP contribution in [-0.2, 0) is 4.74 Å². The number of alkyl carbamates (subject to hydrolysis) is 1. The van der Waals surface area contributed by atoms with E-state index >= 15 is 0 Å². The molecule has 1 aromatic rings. The van der Waals surface area contributed by atoms with Crippen LogP contribution in [0, 0.1) is 11.3 Å². The Balaban J connectivity index is 2.02. The van der Waals surface area contributed by atoms with E-state index in [2.05, 4.69) is 11.4 Å². The van der Waals surface area contributed by atoms with Crippen molar-refractivity contribution in [1.82, 2.24) is 5.32 Å². The fourth-order valence-corrected chi connectivity index (χ4v) is 2.78. The average molecular weight is 322 g/mol. The van der Waals surface area contributed by atoms with Gasteiger partial charge in [-0.15, -0.1) is 0 Å². The number of para-hydroxylation sites is 1. The summed E-state index contributed by atoms with van der Waals surface area (Å²) in [6.45, 7) is 6.83. The van der Waals surface area contributed by atoms with Crippen molar-refractivity contribution < 1.29 is 9.53 Å². The maximum atomic E-state index is 11.8. The quantitative estimate of drug-likeness (QED) is 0.907. The Labute approximate surface area is 135 Å². The molecule has 118 valence electrons. The van der Waals surface area contributed by atoms with Gasteiger partial charge in [0.05, 0.1) is 22.3 Å². The van der Waals surface area contributed by atoms with Gasteiger partial charge in [-0.1, -0.05) is 17.7 Å². The summed E-state index contributed by atoms with van der Waals surface area (Å²) in [6.07, 6.45) is 0.369. The SMILES string of the molecule is CC(C)(C)OC(=O)NC1CCN(c2c(Cl)cccc2C#N)C1. The van der Waals surface area contributed by atoms with Crippen LogP contribution in [0.25, 0.3) is 0 Å². The first-order valence-corrected chi connectivity index (χ1v) is 7.61. The number of nitriles is 1. The van der Waals surface area contributed by atoms with Gasteiger partial charge < -0.3 is 15.0 Å². The van der Waals surface area contributed by atoms with Crippen molar-refractivity contribution in [3.05, 3.63) is 28.8 Å². The highest BCUT2D eigenvalue weighted by molar-refractivity contribution is 6.33. The van der Waals surface area contributed by atoms with E-state index in [1.807, 2.05) is 25.7 Å². The van der Waals surface area contributed by atoms with Crippen molar-refractivity contribution in [2.75, 3.05) is 18.0 Å². The number of anilines is 1. The maximum Gasteiger partial charge on any atom is 0.407 e. The number of ether oxygens (including phenoxy) is 1. The normalized spacial score (nSPS) is 18.0. The van der Waals surface area contributed by atoms with Gasteiger partial charge in [-0.3, -0.25) is 0 Å². The van der Waals surface area contributed by atoms with Crippen LogP contribution in [-0.4, -0.2) is 30.8 Å². The van der Waals surface area contributed by atoms with Crippen LogP contribution in [0.1, 0.15) is 32.8 Å². The summed E-state index contributed by atoms with van der Waals surface area (Å²) >= 11 is 6.22. The highest BCUT2D eigenvalue weighted by Gasteiger charge is 2.28. The zero-order chi connectivity index (χ0) is 16.3. The van der Waals surface area contributed by atoms with Crippen LogP contribution in [0.15, 0.2) is 18.2 Å². The molecule has 0 saturated carbocycles. The number of halogens is 1. The van der Waals surface area contributed by atoms with Gasteiger partial charge in [0.1, 0.15) is 11.7 Å². The number of carbonyl (C=O) groups excluding carboxylic acids is 1. The van der Waals surface area contributed by atoms with E-state index in [1.54, 1.807) is 18.2 Å². The lowest BCUT2D eigenvalue weighted by Gasteiger charge is -2.23. The van der Waals surface area contributed by atoms with Crippen LogP contribution in [0.4, 0.5) is 10.5 Å². The molecule has 2 rings (SSSR count). The van der Waals surface area contributed by atoms with Crippen molar-refractivity contribution in [2.24, 2.45) is 0 Å². The van der Waals surface area contributed by atoms with E-state index < -0.39 is 11.7 Å². The van der Waals surface area contributed by atoms with Crippen molar-refractivity contribution >= 4 is 23.4 Å². The molecule has 0 bridgehead atoms. The Hall–Kier alpha value is -1.93. The summed E-state index contributed by atoms with van der Waals surface area (Å²) in [7, 11) is 0. The largest absolute Gasteiger partial charge is 0.444 e. The third-order valence-corrected chi connectivity index (χ3v) is 3.64. The lowest BCUT2D eigenvalue weighted by atomic mass is 10.2. The zero-order valence-corrected chi connectivity index (χ0v) is 13.8. The summed E-state index contributed by atoms with van der Waals surface area (Å²) < 4.78 is 5.26. The smallest absolute Gasteiger partial charge is 0.407 e. The molecule has 0 radical (unpaired) electrons. The predicted octanol–water partition coefficient (Wildman–Crippen LogP) is 3.32. The molecule has 0 aliphatic carbocycles. The van der Waals surface area contributed by atoms with Gasteiger partial charge in [0, 0.05) is 13.1 Å². The lowest BCUT2D eigenvalue weighted by Crippen LogP contribution is -2.40. The highest BCUT2D eigenvalue weighted by Crippen LogP contribution is 2.32. The summed E-state index contributed by atoms with van der Waals surface area (Å²) in [4.78, 5) is 13.8. The molecule has 5 nitrogen and oxygen atoms in total. The summed E-state index contributed by atoms with van der Waals surface area (Å²) in [5.74, 6) is 0. The molecule has 6 heteroatoms. The number of rotatable bonds is 2. The number of nitrogens with one attached hydrogen (secondary N) is 1. The first-order chi connectivity index (χ1) is 10.3. The molecule has 1 aliphatic heterocycles. The number of nitrogens with zero attached hydrogens (tertiary/aromatic N) is 2. The molecule has 1 N–H and O–H groups in total. The van der Waals surface area contributed by atoms with E-state index in [0.717, 1.165) is 18.7 Å². The minimum Gasteiger partial charge on any atom is -0.444 e. The van der Waals surface area contributed by atoms with Crippen molar-refractivity contribution in [3.8, 4) is 6.07 Å². The molecule has 1 unspecified atom stereocenters. The molecule has 22 heavy (non-hydrogen) atoms. The molecule has 1 amide bonds. The Kier molecular flexibility index (Phi) is 4.82. The molecular formula is C16H20ClN3O2. The van der Waals surface area contributed by atoms with E-state index in [1.165, 1.54) is 0 Å². The summed E-state index contributed by atoms with van der Waals surface area (Å²) in [5.41, 5.74) is 0.768. The van der Waals surface area contributed by atoms with Gasteiger partial charge in [0.2, 0.25) is 0 Å². The van der Waals surface area contributed by atoms with Gasteiger partial charge in [0.25, 0.3) is 0 Å². The molecule has 1 saturated heterocycles. The van der Waals surface area contributed by atoms with Crippen molar-refractivity contribution in [1.29, 1.82) is 5.26 Å². The first kappa shape index (κ1) is 16.4. The number of carbonyl (C=O) groups is 1. The molecule has 0 aromatic heterocycles. The van der Waals surface area contributed by atoms with E-state index in [4.69, 9.17) is 16.3 Å². The Bertz CT molecular complexity index is 604. The molecule has 1 atom stereocenters. The van der Waals surface area contributed by atoms with E-state index in [-0.39, 0.29) is 6.04 Å². The Morgan fingerprint density at radius 3 is 2.86 bits per heavy atom. The van der Waals surface area contributed by atoms with Gasteiger partial charge in [0.15, 0.2) is 0 Å². The minimum absolute atomic E-state index is 0.0161. The van der Waals surface area contributed by atoms with Crippen LogP contribution >= 0.6 is 11.6 Å². The average Bonchev–Trinajstić information content (AvgIpc) is 2.83. The monoisotopic (exact) mass is 321 g/mol. The number of amides is 1. The van der Waals surface area contributed by atoms with Crippen molar-refractivity contribution in [2.45, 2.75) is 38.8 Å². The minimum atomic E-state index is -0.515. The fourth-order valence-electron chi connectivity index (χ4n) is 2.48. The Morgan fingerprint density at radius 1 is 1.50 bits per heavy atom. The molecular weight excluding hydrogens is 302 g/mol. The molecule has 1 heterocycles. The highest BCUT2D eigenvalue weighted by atomic mass is 35.5. The zero-order valence-electron chi connectivity index (χ0n) is 13.0. The molecule has 1 aromatic carbocycles. The second kappa shape index (κ2) is 6.45. The number of hydrogen-bond acceptors (Lipinski definition) is 4. The molecule has 1 aliphatic rings. The van der Waals surface area contributed by atoms with Gasteiger partial charge in [-0.05, 0) is 39.3 Å². The lowest BCUT2D eigenvalue weighted by molar-refractivity contribution is 0.0509. The topological polar surface area (TPSA) is 65.4 Å². The van der Waals surface area contributed by atoms with Crippen LogP contribution in [0.3, 0.4) is 0 Å². The Morgan fingerprint density at radius 2 is 2.23 bits per heavy atom. The fraction of sp³-hybridized carbons (Fsp3) is 0.500. The summed E-state index contributed by atoms with van der Waals surface area (Å²) in [6, 6.07) is 7.42. The second-order valence-corrected chi connectivity index (χ2v) is 6.73. The van der Waals surface area contributed by atoms with Gasteiger partial charge in [-0.25, -0.2) is 4.79 Å². The van der Waals surface area contributed by atoms with Crippen LogP contribution < -0.4 is 10.2 Å². The standard InChI is InChI=1S/C16H20ClN3O2/c1-16(2,3)22-15(21)19-12-7-8-20(10-12)14-11(9-18)5-4-6-13(14)17/h4-6,12H,7-8,10H2,1-3H3,(H,19,21). The van der Waals surface area contributed by atoms with Crippen LogP contribution in [0.5, 0.6) is 0 Å². The van der Waals surface area contributed by atoms with E-state index in [0.29, 0.717) is 17.1 Å². The number of hydrogen-bond donors (Lipinski definition) is 1. The third-order valence-electron chi connectivity index (χ3n) is 3.33. The summed E-state index contributed by atoms with van der Waals surface area (Å²) in [5, 5.41) is 12.6. The predicted molar refractivity (Wildman–Crippen MR) is 86.2 cm³/mol. The van der Waals surface area contributed by atoms with Crippen molar-refractivity contribution in [3.63, 3.8) is 0 Å². The molecule has 1 fully saturated rings. The molecule has 0 spiro atoms. The third kappa shape index (κ3) is 4.05.